The van der Waals surface area contributed by atoms with E-state index in [2.05, 4.69) is 12.1 Å². The molecule has 0 spiro atoms. The molecular weight excluding hydrogens is 294 g/mol. The molecule has 1 aromatic carbocycles. The molecule has 2 aliphatic rings. The van der Waals surface area contributed by atoms with Crippen molar-refractivity contribution in [1.29, 1.82) is 0 Å². The molecule has 2 fully saturated rings. The van der Waals surface area contributed by atoms with Gasteiger partial charge in [-0.25, -0.2) is 4.79 Å². The smallest absolute Gasteiger partial charge is 0.414 e. The molecule has 1 aliphatic carbocycles. The Morgan fingerprint density at radius 2 is 1.96 bits per heavy atom. The average Bonchev–Trinajstić information content (AvgIpc) is 2.89. The van der Waals surface area contributed by atoms with E-state index in [1.165, 1.54) is 5.56 Å². The zero-order valence-corrected chi connectivity index (χ0v) is 13.8. The van der Waals surface area contributed by atoms with Gasteiger partial charge in [-0.05, 0) is 56.2 Å². The summed E-state index contributed by atoms with van der Waals surface area (Å²) in [6.07, 6.45) is 3.19. The predicted octanol–water partition coefficient (Wildman–Crippen LogP) is 3.07. The number of methoxy groups -OCH3 is 1. The van der Waals surface area contributed by atoms with Gasteiger partial charge in [0, 0.05) is 12.8 Å². The fourth-order valence-corrected chi connectivity index (χ4v) is 3.50. The molecule has 1 saturated carbocycles. The van der Waals surface area contributed by atoms with Crippen molar-refractivity contribution in [2.75, 3.05) is 25.2 Å². The van der Waals surface area contributed by atoms with Gasteiger partial charge >= 0.3 is 6.09 Å². The van der Waals surface area contributed by atoms with Crippen LogP contribution >= 0.6 is 0 Å². The van der Waals surface area contributed by atoms with Gasteiger partial charge in [-0.15, -0.1) is 0 Å². The summed E-state index contributed by atoms with van der Waals surface area (Å²) in [5.41, 5.74) is 1.64. The Morgan fingerprint density at radius 3 is 2.57 bits per heavy atom. The lowest BCUT2D eigenvalue weighted by Crippen LogP contribution is -2.29. The van der Waals surface area contributed by atoms with Crippen LogP contribution in [0.4, 0.5) is 10.5 Å². The second-order valence-corrected chi connectivity index (χ2v) is 6.93. The number of anilines is 1. The molecule has 1 N–H and O–H groups in total. The second-order valence-electron chi connectivity index (χ2n) is 6.93. The largest absolute Gasteiger partial charge is 0.441 e. The van der Waals surface area contributed by atoms with Gasteiger partial charge in [0.1, 0.15) is 6.10 Å². The number of carbonyl (C=O) groups excluding carboxylic acids is 1. The lowest BCUT2D eigenvalue weighted by atomic mass is 9.77. The Kier molecular flexibility index (Phi) is 4.60. The van der Waals surface area contributed by atoms with E-state index in [4.69, 9.17) is 9.47 Å². The molecule has 3 rings (SSSR count). The lowest BCUT2D eigenvalue weighted by Gasteiger charge is -2.33. The molecule has 1 amide bonds. The maximum absolute atomic E-state index is 11.9. The van der Waals surface area contributed by atoms with E-state index < -0.39 is 5.60 Å². The van der Waals surface area contributed by atoms with Crippen molar-refractivity contribution >= 4 is 11.8 Å². The highest BCUT2D eigenvalue weighted by molar-refractivity contribution is 5.89. The number of nitrogens with zero attached hydrogens (tertiary/aromatic N) is 1. The third kappa shape index (κ3) is 3.67. The zero-order valence-electron chi connectivity index (χ0n) is 13.8. The summed E-state index contributed by atoms with van der Waals surface area (Å²) in [7, 11) is 1.60. The first-order valence-corrected chi connectivity index (χ1v) is 8.28. The minimum atomic E-state index is -0.508. The van der Waals surface area contributed by atoms with E-state index in [0.29, 0.717) is 19.1 Å². The number of aliphatic hydroxyl groups is 1. The van der Waals surface area contributed by atoms with E-state index in [0.717, 1.165) is 31.4 Å². The average molecular weight is 319 g/mol. The molecule has 1 aromatic rings. The topological polar surface area (TPSA) is 59.0 Å². The van der Waals surface area contributed by atoms with E-state index >= 15 is 0 Å². The van der Waals surface area contributed by atoms with Gasteiger partial charge < -0.3 is 14.6 Å². The highest BCUT2D eigenvalue weighted by atomic mass is 16.6. The molecule has 1 saturated heterocycles. The lowest BCUT2D eigenvalue weighted by molar-refractivity contribution is 0.0172. The number of amides is 1. The molecule has 5 heteroatoms. The first kappa shape index (κ1) is 16.3. The van der Waals surface area contributed by atoms with Gasteiger partial charge in [0.2, 0.25) is 0 Å². The monoisotopic (exact) mass is 319 g/mol. The molecule has 1 aliphatic heterocycles. The highest BCUT2D eigenvalue weighted by Crippen LogP contribution is 2.38. The first-order valence-electron chi connectivity index (χ1n) is 8.28. The number of rotatable bonds is 4. The van der Waals surface area contributed by atoms with Crippen LogP contribution in [0.1, 0.15) is 44.1 Å². The van der Waals surface area contributed by atoms with Crippen LogP contribution in [0.5, 0.6) is 0 Å². The Morgan fingerprint density at radius 1 is 1.30 bits per heavy atom. The van der Waals surface area contributed by atoms with Gasteiger partial charge in [0.25, 0.3) is 0 Å². The van der Waals surface area contributed by atoms with Crippen LogP contribution in [-0.4, -0.2) is 43.2 Å². The van der Waals surface area contributed by atoms with Crippen molar-refractivity contribution in [3.05, 3.63) is 29.8 Å². The quantitative estimate of drug-likeness (QED) is 0.926. The molecule has 23 heavy (non-hydrogen) atoms. The van der Waals surface area contributed by atoms with E-state index in [-0.39, 0.29) is 12.2 Å². The van der Waals surface area contributed by atoms with Crippen molar-refractivity contribution in [2.24, 2.45) is 0 Å². The summed E-state index contributed by atoms with van der Waals surface area (Å²) in [6.45, 7) is 2.86. The summed E-state index contributed by atoms with van der Waals surface area (Å²) >= 11 is 0. The predicted molar refractivity (Wildman–Crippen MR) is 87.8 cm³/mol. The minimum Gasteiger partial charge on any atom is -0.441 e. The van der Waals surface area contributed by atoms with Gasteiger partial charge in [-0.3, -0.25) is 4.90 Å². The molecule has 0 bridgehead atoms. The van der Waals surface area contributed by atoms with Crippen molar-refractivity contribution in [2.45, 2.75) is 50.2 Å². The van der Waals surface area contributed by atoms with Crippen LogP contribution in [0.15, 0.2) is 24.3 Å². The van der Waals surface area contributed by atoms with Crippen molar-refractivity contribution in [3.63, 3.8) is 0 Å². The fraction of sp³-hybridized carbons (Fsp3) is 0.611. The Bertz CT molecular complexity index is 545. The maximum atomic E-state index is 11.9. The molecule has 1 heterocycles. The standard InChI is InChI=1S/C18H25NO4/c1-18(21)9-7-14(8-10-18)13-3-5-15(6-4-13)19-11-16(12-22-2)23-17(19)20/h3-6,14,16,21H,7-12H2,1-2H3. The normalized spacial score (nSPS) is 31.3. The Balaban J connectivity index is 1.65. The van der Waals surface area contributed by atoms with Crippen LogP contribution < -0.4 is 4.90 Å². The third-order valence-electron chi connectivity index (χ3n) is 4.97. The van der Waals surface area contributed by atoms with Gasteiger partial charge in [0.05, 0.1) is 18.8 Å². The third-order valence-corrected chi connectivity index (χ3v) is 4.97. The molecular formula is C18H25NO4. The summed E-state index contributed by atoms with van der Waals surface area (Å²) < 4.78 is 10.3. The Labute approximate surface area is 137 Å². The van der Waals surface area contributed by atoms with Crippen molar-refractivity contribution in [1.82, 2.24) is 0 Å². The molecule has 0 aromatic heterocycles. The number of hydrogen-bond acceptors (Lipinski definition) is 4. The number of cyclic esters (lactones) is 1. The second kappa shape index (κ2) is 6.49. The number of hydrogen-bond donors (Lipinski definition) is 1. The SMILES string of the molecule is COCC1CN(c2ccc(C3CCC(C)(O)CC3)cc2)C(=O)O1. The molecule has 0 radical (unpaired) electrons. The van der Waals surface area contributed by atoms with Gasteiger partial charge in [0.15, 0.2) is 0 Å². The fourth-order valence-electron chi connectivity index (χ4n) is 3.50. The van der Waals surface area contributed by atoms with Crippen LogP contribution in [0.25, 0.3) is 0 Å². The molecule has 1 atom stereocenters. The summed E-state index contributed by atoms with van der Waals surface area (Å²) in [6, 6.07) is 8.16. The van der Waals surface area contributed by atoms with E-state index in [1.54, 1.807) is 12.0 Å². The van der Waals surface area contributed by atoms with Crippen LogP contribution in [-0.2, 0) is 9.47 Å². The number of carbonyl (C=O) groups is 1. The number of ether oxygens (including phenoxy) is 2. The van der Waals surface area contributed by atoms with Crippen molar-refractivity contribution < 1.29 is 19.4 Å². The van der Waals surface area contributed by atoms with E-state index in [1.807, 2.05) is 19.1 Å². The summed E-state index contributed by atoms with van der Waals surface area (Å²) in [4.78, 5) is 13.6. The highest BCUT2D eigenvalue weighted by Gasteiger charge is 2.33. The molecule has 5 nitrogen and oxygen atoms in total. The van der Waals surface area contributed by atoms with Crippen LogP contribution in [0, 0.1) is 0 Å². The van der Waals surface area contributed by atoms with Crippen molar-refractivity contribution in [3.8, 4) is 0 Å². The molecule has 1 unspecified atom stereocenters. The minimum absolute atomic E-state index is 0.201. The summed E-state index contributed by atoms with van der Waals surface area (Å²) in [5, 5.41) is 10.1. The zero-order chi connectivity index (χ0) is 16.4. The van der Waals surface area contributed by atoms with Crippen LogP contribution in [0.3, 0.4) is 0 Å². The summed E-state index contributed by atoms with van der Waals surface area (Å²) in [5.74, 6) is 0.496. The Hall–Kier alpha value is -1.59. The maximum Gasteiger partial charge on any atom is 0.414 e. The van der Waals surface area contributed by atoms with Crippen LogP contribution in [0.2, 0.25) is 0 Å². The number of benzene rings is 1. The van der Waals surface area contributed by atoms with Gasteiger partial charge in [-0.1, -0.05) is 12.1 Å². The van der Waals surface area contributed by atoms with E-state index in [9.17, 15) is 9.90 Å². The van der Waals surface area contributed by atoms with Gasteiger partial charge in [-0.2, -0.15) is 0 Å². The molecule has 126 valence electrons. The first-order chi connectivity index (χ1) is 11.0.